The summed E-state index contributed by atoms with van der Waals surface area (Å²) in [7, 11) is 2.11. The predicted octanol–water partition coefficient (Wildman–Crippen LogP) is 10.2. The van der Waals surface area contributed by atoms with Gasteiger partial charge in [0.25, 0.3) is 0 Å². The van der Waals surface area contributed by atoms with Crippen molar-refractivity contribution in [2.24, 2.45) is 12.5 Å². The molecule has 0 aliphatic heterocycles. The number of nitrogens with zero attached hydrogens (tertiary/aromatic N) is 4. The van der Waals surface area contributed by atoms with Crippen LogP contribution in [-0.4, -0.2) is 18.7 Å². The van der Waals surface area contributed by atoms with Crippen LogP contribution < -0.4 is 4.74 Å². The van der Waals surface area contributed by atoms with E-state index in [4.69, 9.17) is 9.72 Å². The molecule has 4 aromatic carbocycles. The molecule has 5 nitrogen and oxygen atoms in total. The quantitative estimate of drug-likeness (QED) is 0.178. The van der Waals surface area contributed by atoms with Gasteiger partial charge in [0.05, 0.1) is 0 Å². The zero-order valence-corrected chi connectivity index (χ0v) is 30.5. The fourth-order valence-electron chi connectivity index (χ4n) is 7.94. The van der Waals surface area contributed by atoms with Crippen LogP contribution in [0, 0.1) is 16.1 Å². The van der Waals surface area contributed by atoms with E-state index in [1.807, 2.05) is 12.3 Å². The summed E-state index contributed by atoms with van der Waals surface area (Å²) in [5, 5.41) is 2.45. The molecule has 0 amide bonds. The van der Waals surface area contributed by atoms with Gasteiger partial charge in [-0.25, -0.2) is 0 Å². The monoisotopic (exact) mass is 799 g/mol. The van der Waals surface area contributed by atoms with Gasteiger partial charge in [0.1, 0.15) is 0 Å². The molecule has 0 saturated heterocycles. The third-order valence-corrected chi connectivity index (χ3v) is 12.9. The number of hydrogen-bond donors (Lipinski definition) is 0. The molecule has 47 heavy (non-hydrogen) atoms. The van der Waals surface area contributed by atoms with E-state index in [0.717, 1.165) is 37.8 Å². The van der Waals surface area contributed by atoms with Gasteiger partial charge in [-0.15, -0.1) is 0 Å². The summed E-state index contributed by atoms with van der Waals surface area (Å²) in [6.45, 7) is 16.6. The Kier molecular flexibility index (Phi) is 6.51. The van der Waals surface area contributed by atoms with Gasteiger partial charge in [-0.2, -0.15) is 0 Å². The van der Waals surface area contributed by atoms with Crippen LogP contribution in [0.5, 0.6) is 11.5 Å². The summed E-state index contributed by atoms with van der Waals surface area (Å²) < 4.78 is 14.7. The summed E-state index contributed by atoms with van der Waals surface area (Å²) in [6, 6.07) is 32.3. The summed E-state index contributed by atoms with van der Waals surface area (Å²) in [4.78, 5) is 4.94. The first kappa shape index (κ1) is 30.1. The third kappa shape index (κ3) is 4.12. The van der Waals surface area contributed by atoms with E-state index in [2.05, 4.69) is 173 Å². The van der Waals surface area contributed by atoms with Crippen LogP contribution in [0.15, 0.2) is 97.2 Å². The van der Waals surface area contributed by atoms with Gasteiger partial charge in [0, 0.05) is 6.20 Å². The fraction of sp³-hybridized carbons (Fsp3) is 0.268. The van der Waals surface area contributed by atoms with Gasteiger partial charge in [-0.05, 0) is 40.4 Å². The van der Waals surface area contributed by atoms with Crippen LogP contribution in [0.4, 0.5) is 0 Å². The van der Waals surface area contributed by atoms with E-state index in [1.54, 1.807) is 0 Å². The van der Waals surface area contributed by atoms with Gasteiger partial charge in [-0.3, -0.25) is 0 Å². The molecule has 0 radical (unpaired) electrons. The van der Waals surface area contributed by atoms with Crippen molar-refractivity contribution in [1.29, 1.82) is 0 Å². The number of rotatable bonds is 4. The summed E-state index contributed by atoms with van der Waals surface area (Å²) >= 11 is 2.40. The van der Waals surface area contributed by atoms with Crippen molar-refractivity contribution >= 4 is 32.8 Å². The molecule has 3 aromatic heterocycles. The molecule has 0 spiro atoms. The van der Waals surface area contributed by atoms with Crippen molar-refractivity contribution in [3.05, 3.63) is 118 Å². The van der Waals surface area contributed by atoms with E-state index in [0.29, 0.717) is 0 Å². The number of aromatic nitrogens is 4. The Balaban J connectivity index is 1.33. The van der Waals surface area contributed by atoms with Gasteiger partial charge >= 0.3 is 194 Å². The second-order valence-electron chi connectivity index (χ2n) is 14.7. The van der Waals surface area contributed by atoms with E-state index < -0.39 is 0 Å². The molecule has 0 fully saturated rings. The second kappa shape index (κ2) is 10.1. The first-order valence-electron chi connectivity index (χ1n) is 16.3. The van der Waals surface area contributed by atoms with Crippen LogP contribution in [0.25, 0.3) is 44.3 Å². The molecule has 7 aromatic rings. The fourth-order valence-corrected chi connectivity index (χ4v) is 8.78. The number of para-hydroxylation sites is 2. The summed E-state index contributed by atoms with van der Waals surface area (Å²) in [6.07, 6.45) is 1.92. The Bertz CT molecular complexity index is 2470. The Morgan fingerprint density at radius 1 is 0.681 bits per heavy atom. The molecule has 0 N–H and O–H groups in total. The Labute approximate surface area is 286 Å². The van der Waals surface area contributed by atoms with Crippen LogP contribution in [0.3, 0.4) is 0 Å². The second-order valence-corrected chi connectivity index (χ2v) is 15.7. The molecule has 8 rings (SSSR count). The normalized spacial score (nSPS) is 16.3. The summed E-state index contributed by atoms with van der Waals surface area (Å²) in [5.41, 5.74) is 9.75. The van der Waals surface area contributed by atoms with Crippen molar-refractivity contribution in [3.8, 4) is 23.0 Å². The first-order chi connectivity index (χ1) is 22.3. The van der Waals surface area contributed by atoms with E-state index >= 15 is 0 Å². The van der Waals surface area contributed by atoms with E-state index in [-0.39, 0.29) is 16.2 Å². The van der Waals surface area contributed by atoms with Crippen LogP contribution in [-0.2, 0) is 37.2 Å². The zero-order chi connectivity index (χ0) is 33.0. The van der Waals surface area contributed by atoms with Crippen molar-refractivity contribution < 1.29 is 24.1 Å². The number of benzene rings is 4. The number of imidazole rings is 1. The number of hydrogen-bond acceptors (Lipinski definition) is 2. The molecule has 3 heterocycles. The SMILES string of the molecule is Cc1ccnc(-n2c3cc(Oc4cccc(-n5[c](=[Pt])n(C)c6ccccc65)c4)ccc3c3ccc4c(c32)C(C)(C)C(C)(C)C4(C)C)c1. The van der Waals surface area contributed by atoms with Crippen molar-refractivity contribution in [3.63, 3.8) is 0 Å². The van der Waals surface area contributed by atoms with Gasteiger partial charge in [-0.1, -0.05) is 47.6 Å². The number of ether oxygens (including phenoxy) is 1. The molecule has 0 bridgehead atoms. The third-order valence-electron chi connectivity index (χ3n) is 11.7. The van der Waals surface area contributed by atoms with Gasteiger partial charge in [0.15, 0.2) is 0 Å². The average molecular weight is 800 g/mol. The first-order valence-corrected chi connectivity index (χ1v) is 17.4. The summed E-state index contributed by atoms with van der Waals surface area (Å²) in [5.74, 6) is 2.51. The molecule has 0 unspecified atom stereocenters. The molecular formula is C41H40N4OPt. The number of fused-ring (bicyclic) bond motifs is 6. The standard InChI is InChI=1S/C41H40N4O.Pt/c1-26-20-21-42-36(22-26)45-35-24-29(46-28-13-11-12-27(23-28)44-25-43(8)33-14-9-10-15-34(33)44)16-17-30(35)31-18-19-32-37(38(31)45)40(4,5)41(6,7)39(32,2)3;/h9-24H,1-8H3;. The maximum atomic E-state index is 6.66. The Morgan fingerprint density at radius 3 is 2.17 bits per heavy atom. The predicted molar refractivity (Wildman–Crippen MR) is 189 cm³/mol. The van der Waals surface area contributed by atoms with Crippen molar-refractivity contribution in [2.45, 2.75) is 59.3 Å². The minimum Gasteiger partial charge on any atom is -0.0582 e. The maximum absolute atomic E-state index is 6.66. The smallest absolute Gasteiger partial charge is 0.0582 e. The minimum atomic E-state index is -0.0715. The molecule has 0 atom stereocenters. The Morgan fingerprint density at radius 2 is 1.40 bits per heavy atom. The van der Waals surface area contributed by atoms with E-state index in [1.165, 1.54) is 38.5 Å². The topological polar surface area (TPSA) is 36.9 Å². The molecule has 6 heteroatoms. The van der Waals surface area contributed by atoms with Crippen molar-refractivity contribution in [2.75, 3.05) is 0 Å². The number of aryl methyl sites for hydroxylation is 2. The van der Waals surface area contributed by atoms with Crippen molar-refractivity contribution in [1.82, 2.24) is 18.7 Å². The van der Waals surface area contributed by atoms with Crippen LogP contribution in [0.2, 0.25) is 0 Å². The molecular weight excluding hydrogens is 760 g/mol. The minimum absolute atomic E-state index is 0.000572. The van der Waals surface area contributed by atoms with Crippen LogP contribution in [0.1, 0.15) is 58.2 Å². The van der Waals surface area contributed by atoms with Crippen LogP contribution >= 0.6 is 0 Å². The molecule has 1 aliphatic rings. The molecule has 240 valence electrons. The van der Waals surface area contributed by atoms with E-state index in [9.17, 15) is 0 Å². The number of pyridine rings is 1. The molecule has 0 saturated carbocycles. The zero-order valence-electron chi connectivity index (χ0n) is 28.3. The van der Waals surface area contributed by atoms with Gasteiger partial charge < -0.3 is 0 Å². The Hall–Kier alpha value is -4.21. The molecule has 1 aliphatic carbocycles. The van der Waals surface area contributed by atoms with Gasteiger partial charge in [0.2, 0.25) is 0 Å². The average Bonchev–Trinajstić information content (AvgIpc) is 3.54.